The van der Waals surface area contributed by atoms with Gasteiger partial charge in [-0.1, -0.05) is 109 Å². The molecule has 0 amide bonds. The average molecular weight is 669 g/mol. The number of aryl methyl sites for hydroxylation is 1. The van der Waals surface area contributed by atoms with Crippen LogP contribution in [-0.4, -0.2) is 16.2 Å². The molecular weight excluding hydrogens is 637 g/mol. The van der Waals surface area contributed by atoms with Gasteiger partial charge in [-0.05, 0) is 82.8 Å². The number of nitrogens with zero attached hydrogens (tertiary/aromatic N) is 3. The topological polar surface area (TPSA) is 54.8 Å². The number of para-hydroxylation sites is 2. The van der Waals surface area contributed by atoms with Crippen molar-refractivity contribution in [2.45, 2.75) is 19.0 Å². The molecule has 7 aromatic carbocycles. The summed E-state index contributed by atoms with van der Waals surface area (Å²) in [5.41, 5.74) is 10.7. The van der Waals surface area contributed by atoms with E-state index >= 15 is 0 Å². The van der Waals surface area contributed by atoms with E-state index in [4.69, 9.17) is 14.4 Å². The third kappa shape index (κ3) is 4.56. The summed E-state index contributed by atoms with van der Waals surface area (Å²) in [6, 6.07) is 51.7. The second-order valence-electron chi connectivity index (χ2n) is 13.8. The standard InChI is InChI=1S/C47H32N4O/c1-3-12-31-26-33(22-20-29(31)10-1)45-48-46(34-23-21-30-11-2-4-13-32(30)27-34)50-47(49-45)39-16-9-19-42-44(39)38-25-24-35(28-43(38)52-42)51-40-17-7-5-14-36(40)37-15-6-8-18-41(37)51/h1,3-10,12-28,45H,2,11H2,(H,48,49,50). The van der Waals surface area contributed by atoms with Crippen molar-refractivity contribution in [1.29, 1.82) is 0 Å². The van der Waals surface area contributed by atoms with Crippen molar-refractivity contribution in [3.05, 3.63) is 179 Å². The van der Waals surface area contributed by atoms with E-state index in [0.717, 1.165) is 63.0 Å². The summed E-state index contributed by atoms with van der Waals surface area (Å²) in [7, 11) is 0. The fourth-order valence-corrected chi connectivity index (χ4v) is 8.18. The van der Waals surface area contributed by atoms with E-state index in [0.29, 0.717) is 5.84 Å². The lowest BCUT2D eigenvalue weighted by Gasteiger charge is -2.24. The van der Waals surface area contributed by atoms with Crippen LogP contribution in [0.2, 0.25) is 0 Å². The SMILES string of the molecule is C1=Cc2cc(C3=NC(c4ccc5ccccc5c4)NC(c4cccc5oc6cc(-n7c8ccccc8c8ccccc87)ccc6c45)=N3)ccc2CC1. The molecule has 9 aromatic rings. The Morgan fingerprint density at radius 1 is 0.654 bits per heavy atom. The maximum atomic E-state index is 6.65. The second kappa shape index (κ2) is 11.4. The number of furan rings is 1. The van der Waals surface area contributed by atoms with Crippen molar-refractivity contribution in [2.24, 2.45) is 9.98 Å². The number of fused-ring (bicyclic) bond motifs is 8. The highest BCUT2D eigenvalue weighted by atomic mass is 16.3. The Morgan fingerprint density at radius 2 is 1.46 bits per heavy atom. The van der Waals surface area contributed by atoms with Gasteiger partial charge in [-0.15, -0.1) is 0 Å². The van der Waals surface area contributed by atoms with Crippen LogP contribution in [0.4, 0.5) is 0 Å². The van der Waals surface area contributed by atoms with Gasteiger partial charge in [0.05, 0.1) is 11.0 Å². The number of rotatable bonds is 4. The first-order valence-electron chi connectivity index (χ1n) is 17.9. The van der Waals surface area contributed by atoms with Crippen molar-refractivity contribution in [2.75, 3.05) is 0 Å². The molecule has 0 radical (unpaired) electrons. The van der Waals surface area contributed by atoms with Crippen molar-refractivity contribution in [3.8, 4) is 5.69 Å². The first kappa shape index (κ1) is 29.1. The summed E-state index contributed by atoms with van der Waals surface area (Å²) < 4.78 is 8.98. The number of benzene rings is 7. The third-order valence-corrected chi connectivity index (χ3v) is 10.7. The maximum absolute atomic E-state index is 6.65. The van der Waals surface area contributed by atoms with Gasteiger partial charge in [-0.25, -0.2) is 9.98 Å². The van der Waals surface area contributed by atoms with Crippen molar-refractivity contribution < 1.29 is 4.42 Å². The predicted molar refractivity (Wildman–Crippen MR) is 215 cm³/mol. The van der Waals surface area contributed by atoms with Crippen LogP contribution < -0.4 is 5.32 Å². The van der Waals surface area contributed by atoms with Crippen molar-refractivity contribution in [1.82, 2.24) is 9.88 Å². The molecule has 246 valence electrons. The molecule has 0 fully saturated rings. The van der Waals surface area contributed by atoms with Crippen LogP contribution in [-0.2, 0) is 6.42 Å². The number of amidine groups is 2. The fraction of sp³-hybridized carbons (Fsp3) is 0.0638. The van der Waals surface area contributed by atoms with E-state index in [1.165, 1.54) is 43.7 Å². The lowest BCUT2D eigenvalue weighted by Crippen LogP contribution is -2.33. The largest absolute Gasteiger partial charge is 0.456 e. The van der Waals surface area contributed by atoms with Gasteiger partial charge in [0.1, 0.15) is 23.2 Å². The summed E-state index contributed by atoms with van der Waals surface area (Å²) in [6.45, 7) is 0. The molecule has 0 saturated carbocycles. The monoisotopic (exact) mass is 668 g/mol. The smallest absolute Gasteiger partial charge is 0.159 e. The van der Waals surface area contributed by atoms with Crippen LogP contribution >= 0.6 is 0 Å². The molecule has 3 heterocycles. The lowest BCUT2D eigenvalue weighted by atomic mass is 9.95. The second-order valence-corrected chi connectivity index (χ2v) is 13.8. The lowest BCUT2D eigenvalue weighted by molar-refractivity contribution is 0.667. The highest BCUT2D eigenvalue weighted by Crippen LogP contribution is 2.37. The van der Waals surface area contributed by atoms with Gasteiger partial charge in [0.15, 0.2) is 5.84 Å². The zero-order chi connectivity index (χ0) is 34.2. The zero-order valence-electron chi connectivity index (χ0n) is 28.3. The normalized spacial score (nSPS) is 15.7. The molecule has 5 heteroatoms. The number of hydrogen-bond acceptors (Lipinski definition) is 4. The molecule has 1 atom stereocenters. The molecule has 2 aliphatic rings. The summed E-state index contributed by atoms with van der Waals surface area (Å²) in [5, 5.41) is 10.7. The van der Waals surface area contributed by atoms with Gasteiger partial charge in [-0.2, -0.15) is 0 Å². The molecule has 0 spiro atoms. The van der Waals surface area contributed by atoms with Crippen LogP contribution in [0.5, 0.6) is 0 Å². The number of allylic oxidation sites excluding steroid dienone is 1. The fourth-order valence-electron chi connectivity index (χ4n) is 8.18. The van der Waals surface area contributed by atoms with E-state index in [2.05, 4.69) is 162 Å². The highest BCUT2D eigenvalue weighted by molar-refractivity contribution is 6.22. The van der Waals surface area contributed by atoms with Crippen molar-refractivity contribution in [3.63, 3.8) is 0 Å². The zero-order valence-corrected chi connectivity index (χ0v) is 28.3. The Labute approximate surface area is 299 Å². The van der Waals surface area contributed by atoms with Crippen molar-refractivity contribution >= 4 is 72.3 Å². The molecule has 1 aliphatic heterocycles. The summed E-state index contributed by atoms with van der Waals surface area (Å²) in [6.07, 6.45) is 6.28. The molecule has 1 aliphatic carbocycles. The Balaban J connectivity index is 1.07. The van der Waals surface area contributed by atoms with Crippen LogP contribution in [0.15, 0.2) is 166 Å². The van der Waals surface area contributed by atoms with Crippen LogP contribution in [0.3, 0.4) is 0 Å². The molecule has 2 aromatic heterocycles. The Hall–Kier alpha value is -6.72. The molecule has 0 saturated heterocycles. The maximum Gasteiger partial charge on any atom is 0.159 e. The number of hydrogen-bond donors (Lipinski definition) is 1. The Kier molecular flexibility index (Phi) is 6.37. The van der Waals surface area contributed by atoms with E-state index in [1.807, 2.05) is 6.07 Å². The summed E-state index contributed by atoms with van der Waals surface area (Å²) >= 11 is 0. The number of aliphatic imine (C=N–C) groups is 2. The molecule has 5 nitrogen and oxygen atoms in total. The number of aromatic nitrogens is 1. The van der Waals surface area contributed by atoms with Gasteiger partial charge in [0.2, 0.25) is 0 Å². The van der Waals surface area contributed by atoms with Gasteiger partial charge < -0.3 is 14.3 Å². The minimum Gasteiger partial charge on any atom is -0.456 e. The molecular formula is C47H32N4O. The quantitative estimate of drug-likeness (QED) is 0.203. The van der Waals surface area contributed by atoms with E-state index < -0.39 is 0 Å². The van der Waals surface area contributed by atoms with Gasteiger partial charge in [-0.3, -0.25) is 0 Å². The predicted octanol–water partition coefficient (Wildman–Crippen LogP) is 11.3. The molecule has 52 heavy (non-hydrogen) atoms. The number of nitrogens with one attached hydrogen (secondary N) is 1. The minimum absolute atomic E-state index is 0.325. The first-order valence-corrected chi connectivity index (χ1v) is 17.9. The summed E-state index contributed by atoms with van der Waals surface area (Å²) in [4.78, 5) is 10.5. The van der Waals surface area contributed by atoms with Crippen LogP contribution in [0, 0.1) is 0 Å². The first-order chi connectivity index (χ1) is 25.7. The van der Waals surface area contributed by atoms with E-state index in [9.17, 15) is 0 Å². The Bertz CT molecular complexity index is 2960. The minimum atomic E-state index is -0.325. The van der Waals surface area contributed by atoms with E-state index in [1.54, 1.807) is 0 Å². The van der Waals surface area contributed by atoms with Gasteiger partial charge in [0.25, 0.3) is 0 Å². The Morgan fingerprint density at radius 3 is 2.33 bits per heavy atom. The summed E-state index contributed by atoms with van der Waals surface area (Å²) in [5.74, 6) is 1.49. The highest BCUT2D eigenvalue weighted by Gasteiger charge is 2.25. The van der Waals surface area contributed by atoms with Gasteiger partial charge in [0, 0.05) is 44.4 Å². The molecule has 1 unspecified atom stereocenters. The van der Waals surface area contributed by atoms with Crippen LogP contribution in [0.25, 0.3) is 66.3 Å². The third-order valence-electron chi connectivity index (χ3n) is 10.7. The average Bonchev–Trinajstić information content (AvgIpc) is 3.76. The molecule has 11 rings (SSSR count). The molecule has 1 N–H and O–H groups in total. The van der Waals surface area contributed by atoms with Crippen LogP contribution in [0.1, 0.15) is 40.4 Å². The van der Waals surface area contributed by atoms with Gasteiger partial charge >= 0.3 is 0 Å². The van der Waals surface area contributed by atoms with E-state index in [-0.39, 0.29) is 6.17 Å². The molecule has 0 bridgehead atoms.